The number of allylic oxidation sites excluding steroid dienone is 1. The fraction of sp³-hybridized carbons (Fsp3) is 0.207. The summed E-state index contributed by atoms with van der Waals surface area (Å²) >= 11 is 0. The molecule has 4 aromatic rings. The number of Topliss-reactive ketones (excluding diaryl/α,β-unsaturated/α-hetero) is 1. The molecule has 4 N–H and O–H groups in total. The van der Waals surface area contributed by atoms with Crippen LogP contribution in [0.25, 0.3) is 17.1 Å². The molecule has 2 aliphatic rings. The average molecular weight is 538 g/mol. The van der Waals surface area contributed by atoms with Crippen molar-refractivity contribution in [3.8, 4) is 5.75 Å². The molecule has 0 bridgehead atoms. The molecular formula is C29H27N7O4. The molecular weight excluding hydrogens is 510 g/mol. The summed E-state index contributed by atoms with van der Waals surface area (Å²) in [6.45, 7) is 1.64. The third-order valence-corrected chi connectivity index (χ3v) is 6.99. The number of hydrogen-bond donors (Lipinski definition) is 4. The number of amides is 3. The van der Waals surface area contributed by atoms with Crippen molar-refractivity contribution in [1.82, 2.24) is 19.9 Å². The van der Waals surface area contributed by atoms with E-state index in [0.29, 0.717) is 39.6 Å². The number of rotatable bonds is 5. The number of ketones is 1. The third kappa shape index (κ3) is 5.02. The van der Waals surface area contributed by atoms with E-state index in [1.165, 1.54) is 6.20 Å². The maximum Gasteiger partial charge on any atom is 0.323 e. The fourth-order valence-corrected chi connectivity index (χ4v) is 5.01. The molecule has 1 aromatic carbocycles. The molecule has 5 heterocycles. The zero-order valence-electron chi connectivity index (χ0n) is 21.7. The molecule has 6 rings (SSSR count). The molecule has 0 saturated carbocycles. The van der Waals surface area contributed by atoms with Crippen molar-refractivity contribution in [3.05, 3.63) is 78.1 Å². The second kappa shape index (κ2) is 10.6. The van der Waals surface area contributed by atoms with Crippen LogP contribution in [0.4, 0.5) is 21.9 Å². The van der Waals surface area contributed by atoms with E-state index in [1.807, 2.05) is 17.8 Å². The molecule has 11 heteroatoms. The summed E-state index contributed by atoms with van der Waals surface area (Å²) in [4.78, 5) is 47.1. The number of ether oxygens (including phenoxy) is 1. The van der Waals surface area contributed by atoms with Crippen LogP contribution in [0.5, 0.6) is 5.75 Å². The number of piperidine rings is 1. The Morgan fingerprint density at radius 2 is 1.90 bits per heavy atom. The van der Waals surface area contributed by atoms with Crippen LogP contribution in [0.3, 0.4) is 0 Å². The van der Waals surface area contributed by atoms with E-state index < -0.39 is 6.03 Å². The molecule has 11 nitrogen and oxygen atoms in total. The number of pyridine rings is 2. The van der Waals surface area contributed by atoms with Crippen molar-refractivity contribution in [2.45, 2.75) is 12.8 Å². The van der Waals surface area contributed by atoms with E-state index in [4.69, 9.17) is 4.74 Å². The van der Waals surface area contributed by atoms with Crippen LogP contribution in [0, 0.1) is 5.92 Å². The summed E-state index contributed by atoms with van der Waals surface area (Å²) in [5.74, 6) is 0.141. The van der Waals surface area contributed by atoms with E-state index in [0.717, 1.165) is 31.3 Å². The number of aryl methyl sites for hydroxylation is 1. The van der Waals surface area contributed by atoms with Gasteiger partial charge in [-0.2, -0.15) is 0 Å². The first-order chi connectivity index (χ1) is 19.5. The first kappa shape index (κ1) is 25.3. The predicted molar refractivity (Wildman–Crippen MR) is 151 cm³/mol. The first-order valence-corrected chi connectivity index (χ1v) is 13.0. The number of carbonyl (C=O) groups is 3. The maximum atomic E-state index is 13.3. The van der Waals surface area contributed by atoms with Crippen LogP contribution in [-0.2, 0) is 11.8 Å². The minimum atomic E-state index is -0.461. The quantitative estimate of drug-likeness (QED) is 0.280. The summed E-state index contributed by atoms with van der Waals surface area (Å²) < 4.78 is 7.75. The molecule has 3 aromatic heterocycles. The number of fused-ring (bicyclic) bond motifs is 2. The van der Waals surface area contributed by atoms with E-state index in [9.17, 15) is 14.4 Å². The zero-order chi connectivity index (χ0) is 27.6. The summed E-state index contributed by atoms with van der Waals surface area (Å²) in [6.07, 6.45) is 9.88. The van der Waals surface area contributed by atoms with Crippen molar-refractivity contribution < 1.29 is 19.1 Å². The Morgan fingerprint density at radius 1 is 1.07 bits per heavy atom. The molecule has 3 amide bonds. The van der Waals surface area contributed by atoms with E-state index in [1.54, 1.807) is 54.9 Å². The Balaban J connectivity index is 1.24. The molecule has 0 spiro atoms. The topological polar surface area (TPSA) is 139 Å². The number of nitrogens with zero attached hydrogens (tertiary/aromatic N) is 3. The van der Waals surface area contributed by atoms with E-state index in [-0.39, 0.29) is 23.4 Å². The lowest BCUT2D eigenvalue weighted by Gasteiger charge is -2.22. The Hall–Kier alpha value is -5.03. The van der Waals surface area contributed by atoms with Gasteiger partial charge in [-0.05, 0) is 68.4 Å². The Bertz CT molecular complexity index is 1660. The van der Waals surface area contributed by atoms with Crippen molar-refractivity contribution in [2.24, 2.45) is 13.0 Å². The molecule has 0 aliphatic carbocycles. The average Bonchev–Trinajstić information content (AvgIpc) is 3.45. The van der Waals surface area contributed by atoms with Crippen LogP contribution in [0.2, 0.25) is 0 Å². The minimum Gasteiger partial charge on any atom is -0.452 e. The standard InChI is InChI=1S/C29H27N7O4/c1-36-16-18(25-22(8-12-32-27(25)36)35-28(38)17-6-10-30-11-7-17)13-24-26(37)21-14-19(4-5-23(21)40-24)33-29(39)34-20-3-2-9-31-15-20/h2-5,8-9,12-17,30H,6-7,10-11H2,1H3,(H,32,35,38)(H2,33,34,39). The van der Waals surface area contributed by atoms with Gasteiger partial charge in [-0.3, -0.25) is 14.6 Å². The van der Waals surface area contributed by atoms with Crippen LogP contribution < -0.4 is 26.0 Å². The van der Waals surface area contributed by atoms with Gasteiger partial charge >= 0.3 is 6.03 Å². The number of carbonyl (C=O) groups excluding carboxylic acids is 3. The third-order valence-electron chi connectivity index (χ3n) is 6.99. The number of aromatic nitrogens is 3. The molecule has 40 heavy (non-hydrogen) atoms. The van der Waals surface area contributed by atoms with Gasteiger partial charge in [0.2, 0.25) is 11.7 Å². The van der Waals surface area contributed by atoms with Gasteiger partial charge in [0.1, 0.15) is 11.4 Å². The van der Waals surface area contributed by atoms with E-state index in [2.05, 4.69) is 31.2 Å². The second-order valence-corrected chi connectivity index (χ2v) is 9.74. The monoisotopic (exact) mass is 537 g/mol. The lowest BCUT2D eigenvalue weighted by Crippen LogP contribution is -2.34. The lowest BCUT2D eigenvalue weighted by molar-refractivity contribution is -0.120. The molecule has 1 saturated heterocycles. The molecule has 0 radical (unpaired) electrons. The summed E-state index contributed by atoms with van der Waals surface area (Å²) in [7, 11) is 1.86. The normalized spacial score (nSPS) is 16.0. The molecule has 2 aliphatic heterocycles. The number of urea groups is 1. The molecule has 1 fully saturated rings. The van der Waals surface area contributed by atoms with Crippen molar-refractivity contribution in [3.63, 3.8) is 0 Å². The Kier molecular flexibility index (Phi) is 6.71. The number of nitrogens with one attached hydrogen (secondary N) is 4. The number of hydrogen-bond acceptors (Lipinski definition) is 7. The van der Waals surface area contributed by atoms with Gasteiger partial charge in [0.15, 0.2) is 5.76 Å². The van der Waals surface area contributed by atoms with Gasteiger partial charge in [-0.15, -0.1) is 0 Å². The molecule has 202 valence electrons. The first-order valence-electron chi connectivity index (χ1n) is 13.0. The van der Waals surface area contributed by atoms with Gasteiger partial charge in [-0.25, -0.2) is 9.78 Å². The highest BCUT2D eigenvalue weighted by molar-refractivity contribution is 6.16. The van der Waals surface area contributed by atoms with Gasteiger partial charge in [-0.1, -0.05) is 0 Å². The smallest absolute Gasteiger partial charge is 0.323 e. The Morgan fingerprint density at radius 3 is 2.70 bits per heavy atom. The maximum absolute atomic E-state index is 13.3. The van der Waals surface area contributed by atoms with Crippen LogP contribution in [-0.4, -0.2) is 45.3 Å². The van der Waals surface area contributed by atoms with Crippen molar-refractivity contribution in [2.75, 3.05) is 29.0 Å². The Labute approximate surface area is 229 Å². The SMILES string of the molecule is Cn1cc(C=C2Oc3ccc(NC(=O)Nc4cccnc4)cc3C2=O)c2c(NC(=O)C3CCNCC3)ccnc21. The van der Waals surface area contributed by atoms with Gasteiger partial charge in [0, 0.05) is 48.2 Å². The zero-order valence-corrected chi connectivity index (χ0v) is 21.7. The van der Waals surface area contributed by atoms with Gasteiger partial charge in [0.05, 0.1) is 23.1 Å². The highest BCUT2D eigenvalue weighted by atomic mass is 16.5. The lowest BCUT2D eigenvalue weighted by atomic mass is 9.97. The van der Waals surface area contributed by atoms with Gasteiger partial charge in [0.25, 0.3) is 0 Å². The van der Waals surface area contributed by atoms with Crippen LogP contribution >= 0.6 is 0 Å². The fourth-order valence-electron chi connectivity index (χ4n) is 5.01. The second-order valence-electron chi connectivity index (χ2n) is 9.74. The predicted octanol–water partition coefficient (Wildman–Crippen LogP) is 4.17. The largest absolute Gasteiger partial charge is 0.452 e. The van der Waals surface area contributed by atoms with Crippen molar-refractivity contribution >= 4 is 51.9 Å². The van der Waals surface area contributed by atoms with Crippen molar-refractivity contribution in [1.29, 1.82) is 0 Å². The van der Waals surface area contributed by atoms with Crippen LogP contribution in [0.1, 0.15) is 28.8 Å². The minimum absolute atomic E-state index is 0.0235. The number of anilines is 3. The van der Waals surface area contributed by atoms with Gasteiger partial charge < -0.3 is 30.6 Å². The number of benzene rings is 1. The highest BCUT2D eigenvalue weighted by Gasteiger charge is 2.29. The summed E-state index contributed by atoms with van der Waals surface area (Å²) in [6, 6.07) is 9.62. The van der Waals surface area contributed by atoms with E-state index >= 15 is 0 Å². The highest BCUT2D eigenvalue weighted by Crippen LogP contribution is 2.36. The molecule has 0 unspecified atom stereocenters. The van der Waals surface area contributed by atoms with Crippen LogP contribution in [0.15, 0.2) is 66.9 Å². The summed E-state index contributed by atoms with van der Waals surface area (Å²) in [5.41, 5.74) is 3.32. The summed E-state index contributed by atoms with van der Waals surface area (Å²) in [5, 5.41) is 12.5. The molecule has 0 atom stereocenters.